The summed E-state index contributed by atoms with van der Waals surface area (Å²) in [6.07, 6.45) is 7.11. The molecule has 1 fully saturated rings. The van der Waals surface area contributed by atoms with E-state index < -0.39 is 5.97 Å². The predicted octanol–water partition coefficient (Wildman–Crippen LogP) is 4.24. The van der Waals surface area contributed by atoms with Gasteiger partial charge in [0.05, 0.1) is 5.56 Å². The molecule has 2 N–H and O–H groups in total. The van der Waals surface area contributed by atoms with Crippen molar-refractivity contribution in [2.75, 3.05) is 18.1 Å². The Kier molecular flexibility index (Phi) is 4.79. The second-order valence-corrected chi connectivity index (χ2v) is 7.13. The summed E-state index contributed by atoms with van der Waals surface area (Å²) in [7, 11) is 0. The summed E-state index contributed by atoms with van der Waals surface area (Å²) >= 11 is 5.21. The standard InChI is InChI=1S/C14H18BrNO2S/c1-19-14(6-2-3-7-14)9-16-12-5-4-10(15)8-11(12)13(17)18/h4-5,8,16H,2-3,6-7,9H2,1H3,(H,17,18). The molecule has 3 nitrogen and oxygen atoms in total. The van der Waals surface area contributed by atoms with E-state index in [9.17, 15) is 9.90 Å². The maximum absolute atomic E-state index is 11.3. The van der Waals surface area contributed by atoms with Gasteiger partial charge in [0.1, 0.15) is 0 Å². The molecule has 1 saturated carbocycles. The van der Waals surface area contributed by atoms with Crippen molar-refractivity contribution < 1.29 is 9.90 Å². The van der Waals surface area contributed by atoms with Crippen molar-refractivity contribution in [1.29, 1.82) is 0 Å². The molecule has 0 radical (unpaired) electrons. The average molecular weight is 344 g/mol. The molecule has 104 valence electrons. The van der Waals surface area contributed by atoms with E-state index in [4.69, 9.17) is 0 Å². The van der Waals surface area contributed by atoms with Crippen LogP contribution in [-0.2, 0) is 0 Å². The SMILES string of the molecule is CSC1(CNc2ccc(Br)cc2C(=O)O)CCCC1. The Morgan fingerprint density at radius 1 is 1.47 bits per heavy atom. The van der Waals surface area contributed by atoms with Crippen molar-refractivity contribution in [1.82, 2.24) is 0 Å². The van der Waals surface area contributed by atoms with Crippen molar-refractivity contribution in [3.05, 3.63) is 28.2 Å². The van der Waals surface area contributed by atoms with Crippen LogP contribution in [0.4, 0.5) is 5.69 Å². The number of carboxylic acid groups (broad SMARTS) is 1. The van der Waals surface area contributed by atoms with Gasteiger partial charge in [0.15, 0.2) is 0 Å². The first-order chi connectivity index (χ1) is 9.06. The average Bonchev–Trinajstić information content (AvgIpc) is 2.86. The Bertz CT molecular complexity index is 473. The zero-order valence-corrected chi connectivity index (χ0v) is 13.3. The third kappa shape index (κ3) is 3.45. The van der Waals surface area contributed by atoms with Crippen LogP contribution in [0.25, 0.3) is 0 Å². The number of hydrogen-bond donors (Lipinski definition) is 2. The van der Waals surface area contributed by atoms with E-state index in [1.807, 2.05) is 23.9 Å². The highest BCUT2D eigenvalue weighted by molar-refractivity contribution is 9.10. The summed E-state index contributed by atoms with van der Waals surface area (Å²) in [5, 5.41) is 12.6. The highest BCUT2D eigenvalue weighted by Gasteiger charge is 2.32. The number of anilines is 1. The molecule has 0 aromatic heterocycles. The summed E-state index contributed by atoms with van der Waals surface area (Å²) in [4.78, 5) is 11.3. The molecule has 1 aromatic rings. The molecule has 0 atom stereocenters. The molecule has 0 bridgehead atoms. The highest BCUT2D eigenvalue weighted by Crippen LogP contribution is 2.40. The lowest BCUT2D eigenvalue weighted by Crippen LogP contribution is -2.30. The van der Waals surface area contributed by atoms with Crippen LogP contribution in [0, 0.1) is 0 Å². The quantitative estimate of drug-likeness (QED) is 0.839. The minimum Gasteiger partial charge on any atom is -0.478 e. The van der Waals surface area contributed by atoms with Gasteiger partial charge in [0, 0.05) is 21.5 Å². The second kappa shape index (κ2) is 6.18. The first-order valence-electron chi connectivity index (χ1n) is 6.38. The maximum Gasteiger partial charge on any atom is 0.337 e. The molecule has 0 saturated heterocycles. The van der Waals surface area contributed by atoms with Crippen molar-refractivity contribution in [3.63, 3.8) is 0 Å². The van der Waals surface area contributed by atoms with Gasteiger partial charge >= 0.3 is 5.97 Å². The molecule has 1 aromatic carbocycles. The van der Waals surface area contributed by atoms with Gasteiger partial charge in [0.25, 0.3) is 0 Å². The van der Waals surface area contributed by atoms with Gasteiger partial charge in [-0.25, -0.2) is 4.79 Å². The van der Waals surface area contributed by atoms with Gasteiger partial charge in [-0.15, -0.1) is 0 Å². The molecule has 1 aliphatic rings. The summed E-state index contributed by atoms with van der Waals surface area (Å²) in [6.45, 7) is 0.829. The van der Waals surface area contributed by atoms with Gasteiger partial charge in [-0.2, -0.15) is 11.8 Å². The molecule has 5 heteroatoms. The summed E-state index contributed by atoms with van der Waals surface area (Å²) in [5.74, 6) is -0.895. The van der Waals surface area contributed by atoms with E-state index in [0.29, 0.717) is 11.3 Å². The van der Waals surface area contributed by atoms with Crippen LogP contribution in [0.3, 0.4) is 0 Å². The number of benzene rings is 1. The minimum atomic E-state index is -0.895. The molecule has 0 heterocycles. The fourth-order valence-corrected chi connectivity index (χ4v) is 3.85. The van der Waals surface area contributed by atoms with Gasteiger partial charge in [-0.1, -0.05) is 28.8 Å². The number of rotatable bonds is 5. The predicted molar refractivity (Wildman–Crippen MR) is 84.3 cm³/mol. The van der Waals surface area contributed by atoms with Crippen LogP contribution in [0.5, 0.6) is 0 Å². The van der Waals surface area contributed by atoms with E-state index in [-0.39, 0.29) is 4.75 Å². The third-order valence-electron chi connectivity index (χ3n) is 3.76. The van der Waals surface area contributed by atoms with Crippen molar-refractivity contribution in [2.24, 2.45) is 0 Å². The van der Waals surface area contributed by atoms with Crippen LogP contribution in [-0.4, -0.2) is 28.6 Å². The summed E-state index contributed by atoms with van der Waals surface area (Å²) in [6, 6.07) is 5.34. The van der Waals surface area contributed by atoms with E-state index in [1.165, 1.54) is 25.7 Å². The fourth-order valence-electron chi connectivity index (χ4n) is 2.58. The number of aromatic carboxylic acids is 1. The number of carbonyl (C=O) groups is 1. The molecule has 0 aliphatic heterocycles. The Morgan fingerprint density at radius 2 is 2.16 bits per heavy atom. The molecule has 19 heavy (non-hydrogen) atoms. The number of hydrogen-bond acceptors (Lipinski definition) is 3. The Hall–Kier alpha value is -0.680. The number of thioether (sulfide) groups is 1. The molecular weight excluding hydrogens is 326 g/mol. The van der Waals surface area contributed by atoms with E-state index in [1.54, 1.807) is 6.07 Å². The zero-order chi connectivity index (χ0) is 13.9. The number of nitrogens with one attached hydrogen (secondary N) is 1. The highest BCUT2D eigenvalue weighted by atomic mass is 79.9. The topological polar surface area (TPSA) is 49.3 Å². The Balaban J connectivity index is 2.13. The lowest BCUT2D eigenvalue weighted by molar-refractivity contribution is 0.0698. The van der Waals surface area contributed by atoms with Crippen LogP contribution >= 0.6 is 27.7 Å². The largest absolute Gasteiger partial charge is 0.478 e. The fraction of sp³-hybridized carbons (Fsp3) is 0.500. The van der Waals surface area contributed by atoms with Crippen LogP contribution in [0.2, 0.25) is 0 Å². The first kappa shape index (κ1) is 14.7. The molecule has 1 aliphatic carbocycles. The van der Waals surface area contributed by atoms with E-state index in [0.717, 1.165) is 11.0 Å². The van der Waals surface area contributed by atoms with Crippen molar-refractivity contribution in [2.45, 2.75) is 30.4 Å². The monoisotopic (exact) mass is 343 g/mol. The molecule has 0 spiro atoms. The molecular formula is C14H18BrNO2S. The third-order valence-corrected chi connectivity index (χ3v) is 5.67. The maximum atomic E-state index is 11.3. The molecule has 0 unspecified atom stereocenters. The van der Waals surface area contributed by atoms with E-state index in [2.05, 4.69) is 27.5 Å². The number of halogens is 1. The smallest absolute Gasteiger partial charge is 0.337 e. The van der Waals surface area contributed by atoms with Gasteiger partial charge in [-0.3, -0.25) is 0 Å². The lowest BCUT2D eigenvalue weighted by atomic mass is 10.1. The molecule has 0 amide bonds. The minimum absolute atomic E-state index is 0.267. The Labute approximate surface area is 126 Å². The second-order valence-electron chi connectivity index (χ2n) is 4.94. The van der Waals surface area contributed by atoms with Crippen LogP contribution in [0.1, 0.15) is 36.0 Å². The molecule has 2 rings (SSSR count). The van der Waals surface area contributed by atoms with Crippen molar-refractivity contribution in [3.8, 4) is 0 Å². The zero-order valence-electron chi connectivity index (χ0n) is 10.9. The van der Waals surface area contributed by atoms with Crippen LogP contribution < -0.4 is 5.32 Å². The van der Waals surface area contributed by atoms with Gasteiger partial charge < -0.3 is 10.4 Å². The van der Waals surface area contributed by atoms with Gasteiger partial charge in [0.2, 0.25) is 0 Å². The lowest BCUT2D eigenvalue weighted by Gasteiger charge is -2.27. The van der Waals surface area contributed by atoms with Crippen LogP contribution in [0.15, 0.2) is 22.7 Å². The van der Waals surface area contributed by atoms with Gasteiger partial charge in [-0.05, 0) is 37.3 Å². The first-order valence-corrected chi connectivity index (χ1v) is 8.40. The number of carboxylic acids is 1. The summed E-state index contributed by atoms with van der Waals surface area (Å²) < 4.78 is 1.05. The Morgan fingerprint density at radius 3 is 2.74 bits per heavy atom. The summed E-state index contributed by atoms with van der Waals surface area (Å²) in [5.41, 5.74) is 1.03. The normalized spacial score (nSPS) is 17.4. The van der Waals surface area contributed by atoms with Crippen molar-refractivity contribution >= 4 is 39.3 Å². The van der Waals surface area contributed by atoms with E-state index >= 15 is 0 Å².